The van der Waals surface area contributed by atoms with Gasteiger partial charge in [-0.1, -0.05) is 30.3 Å². The third kappa shape index (κ3) is 3.65. The van der Waals surface area contributed by atoms with Gasteiger partial charge < -0.3 is 15.8 Å². The normalized spacial score (nSPS) is 11.7. The highest BCUT2D eigenvalue weighted by Gasteiger charge is 2.21. The molecule has 22 heavy (non-hydrogen) atoms. The Bertz CT molecular complexity index is 667. The first kappa shape index (κ1) is 16.0. The molecule has 0 saturated heterocycles. The molecule has 2 aromatic rings. The van der Waals surface area contributed by atoms with E-state index in [4.69, 9.17) is 10.5 Å². The Balaban J connectivity index is 2.31. The number of benzene rings is 1. The number of hydrogen-bond donors (Lipinski definition) is 2. The second-order valence-electron chi connectivity index (χ2n) is 4.70. The van der Waals surface area contributed by atoms with Crippen molar-refractivity contribution in [3.05, 3.63) is 41.3 Å². The molecule has 0 unspecified atom stereocenters. The highest BCUT2D eigenvalue weighted by molar-refractivity contribution is 7.17. The number of hydrogen-bond acceptors (Lipinski definition) is 4. The van der Waals surface area contributed by atoms with Gasteiger partial charge in [0.2, 0.25) is 5.91 Å². The van der Waals surface area contributed by atoms with Crippen molar-refractivity contribution in [3.63, 3.8) is 0 Å². The van der Waals surface area contributed by atoms with Gasteiger partial charge in [-0.3, -0.25) is 9.59 Å². The van der Waals surface area contributed by atoms with E-state index in [1.54, 1.807) is 6.92 Å². The SMILES string of the molecule is CCOc1cc(-c2ccccc2)sc1C(=O)N[C@H](C)C(N)=O. The standard InChI is InChI=1S/C16H18N2O3S/c1-3-21-12-9-13(11-7-5-4-6-8-11)22-14(12)16(20)18-10(2)15(17)19/h4-10H,3H2,1-2H3,(H2,17,19)(H,18,20)/t10-/m1/s1. The summed E-state index contributed by atoms with van der Waals surface area (Å²) >= 11 is 1.33. The van der Waals surface area contributed by atoms with Crippen molar-refractivity contribution in [1.82, 2.24) is 5.32 Å². The third-order valence-electron chi connectivity index (χ3n) is 3.04. The first-order valence-electron chi connectivity index (χ1n) is 6.95. The Hall–Kier alpha value is -2.34. The third-order valence-corrected chi connectivity index (χ3v) is 4.20. The van der Waals surface area contributed by atoms with Crippen molar-refractivity contribution in [2.24, 2.45) is 5.73 Å². The maximum absolute atomic E-state index is 12.3. The zero-order valence-electron chi connectivity index (χ0n) is 12.5. The predicted octanol–water partition coefficient (Wildman–Crippen LogP) is 2.42. The number of ether oxygens (including phenoxy) is 1. The van der Waals surface area contributed by atoms with Crippen molar-refractivity contribution in [2.45, 2.75) is 19.9 Å². The molecular weight excluding hydrogens is 300 g/mol. The molecule has 0 aliphatic carbocycles. The summed E-state index contributed by atoms with van der Waals surface area (Å²) in [4.78, 5) is 24.8. The Labute approximate surface area is 133 Å². The fourth-order valence-electron chi connectivity index (χ4n) is 1.87. The van der Waals surface area contributed by atoms with E-state index in [1.165, 1.54) is 11.3 Å². The zero-order chi connectivity index (χ0) is 16.1. The monoisotopic (exact) mass is 318 g/mol. The van der Waals surface area contributed by atoms with Crippen molar-refractivity contribution in [1.29, 1.82) is 0 Å². The Kier molecular flexibility index (Phi) is 5.16. The van der Waals surface area contributed by atoms with Gasteiger partial charge >= 0.3 is 0 Å². The van der Waals surface area contributed by atoms with Gasteiger partial charge in [-0.15, -0.1) is 11.3 Å². The molecule has 1 aromatic carbocycles. The predicted molar refractivity (Wildman–Crippen MR) is 87.0 cm³/mol. The van der Waals surface area contributed by atoms with Gasteiger partial charge in [0.05, 0.1) is 6.61 Å². The van der Waals surface area contributed by atoms with E-state index >= 15 is 0 Å². The molecule has 1 atom stereocenters. The number of nitrogens with two attached hydrogens (primary N) is 1. The van der Waals surface area contributed by atoms with Crippen LogP contribution >= 0.6 is 11.3 Å². The molecule has 6 heteroatoms. The van der Waals surface area contributed by atoms with Crippen molar-refractivity contribution < 1.29 is 14.3 Å². The summed E-state index contributed by atoms with van der Waals surface area (Å²) in [5, 5.41) is 2.58. The Morgan fingerprint density at radius 2 is 2.00 bits per heavy atom. The Morgan fingerprint density at radius 3 is 2.59 bits per heavy atom. The molecule has 0 fully saturated rings. The summed E-state index contributed by atoms with van der Waals surface area (Å²) < 4.78 is 5.54. The number of primary amides is 1. The molecule has 0 radical (unpaired) electrons. The van der Waals surface area contributed by atoms with Gasteiger partial charge in [0.15, 0.2) is 0 Å². The fraction of sp³-hybridized carbons (Fsp3) is 0.250. The van der Waals surface area contributed by atoms with E-state index in [1.807, 2.05) is 43.3 Å². The Morgan fingerprint density at radius 1 is 1.32 bits per heavy atom. The average Bonchev–Trinajstić information content (AvgIpc) is 2.92. The zero-order valence-corrected chi connectivity index (χ0v) is 13.3. The maximum Gasteiger partial charge on any atom is 0.265 e. The molecule has 2 rings (SSSR count). The van der Waals surface area contributed by atoms with Crippen molar-refractivity contribution in [2.75, 3.05) is 6.61 Å². The summed E-state index contributed by atoms with van der Waals surface area (Å²) in [7, 11) is 0. The lowest BCUT2D eigenvalue weighted by Gasteiger charge is -2.10. The van der Waals surface area contributed by atoms with Crippen LogP contribution in [-0.4, -0.2) is 24.5 Å². The van der Waals surface area contributed by atoms with Crippen LogP contribution in [0.25, 0.3) is 10.4 Å². The molecule has 1 heterocycles. The smallest absolute Gasteiger partial charge is 0.265 e. The minimum absolute atomic E-state index is 0.359. The quantitative estimate of drug-likeness (QED) is 0.858. The number of nitrogens with one attached hydrogen (secondary N) is 1. The largest absolute Gasteiger partial charge is 0.492 e. The van der Waals surface area contributed by atoms with Gasteiger partial charge in [0.25, 0.3) is 5.91 Å². The molecular formula is C16H18N2O3S. The van der Waals surface area contributed by atoms with Crippen LogP contribution in [0.3, 0.4) is 0 Å². The van der Waals surface area contributed by atoms with Crippen LogP contribution in [0.15, 0.2) is 36.4 Å². The molecule has 0 spiro atoms. The van der Waals surface area contributed by atoms with Gasteiger partial charge in [-0.2, -0.15) is 0 Å². The number of carbonyl (C=O) groups excluding carboxylic acids is 2. The molecule has 1 aromatic heterocycles. The minimum Gasteiger partial charge on any atom is -0.492 e. The minimum atomic E-state index is -0.732. The lowest BCUT2D eigenvalue weighted by Crippen LogP contribution is -2.42. The van der Waals surface area contributed by atoms with Gasteiger partial charge in [-0.05, 0) is 25.5 Å². The van der Waals surface area contributed by atoms with Crippen LogP contribution in [0, 0.1) is 0 Å². The van der Waals surface area contributed by atoms with Crippen LogP contribution < -0.4 is 15.8 Å². The molecule has 0 aliphatic heterocycles. The van der Waals surface area contributed by atoms with E-state index < -0.39 is 11.9 Å². The van der Waals surface area contributed by atoms with Crippen molar-refractivity contribution in [3.8, 4) is 16.2 Å². The van der Waals surface area contributed by atoms with Gasteiger partial charge in [0, 0.05) is 4.88 Å². The highest BCUT2D eigenvalue weighted by Crippen LogP contribution is 2.36. The molecule has 0 saturated carbocycles. The van der Waals surface area contributed by atoms with E-state index in [2.05, 4.69) is 5.32 Å². The van der Waals surface area contributed by atoms with Crippen molar-refractivity contribution >= 4 is 23.2 Å². The summed E-state index contributed by atoms with van der Waals surface area (Å²) in [5.74, 6) is -0.423. The fourth-order valence-corrected chi connectivity index (χ4v) is 2.88. The first-order valence-corrected chi connectivity index (χ1v) is 7.76. The van der Waals surface area contributed by atoms with E-state index in [0.29, 0.717) is 17.2 Å². The van der Waals surface area contributed by atoms with Gasteiger partial charge in [0.1, 0.15) is 16.7 Å². The lowest BCUT2D eigenvalue weighted by molar-refractivity contribution is -0.119. The van der Waals surface area contributed by atoms with Crippen LogP contribution in [0.5, 0.6) is 5.75 Å². The molecule has 116 valence electrons. The highest BCUT2D eigenvalue weighted by atomic mass is 32.1. The van der Waals surface area contributed by atoms with Crippen LogP contribution in [0.2, 0.25) is 0 Å². The summed E-state index contributed by atoms with van der Waals surface area (Å²) in [6.45, 7) is 3.86. The number of carbonyl (C=O) groups is 2. The molecule has 2 amide bonds. The van der Waals surface area contributed by atoms with E-state index in [9.17, 15) is 9.59 Å². The number of amides is 2. The second-order valence-corrected chi connectivity index (χ2v) is 5.75. The second kappa shape index (κ2) is 7.09. The van der Waals surface area contributed by atoms with Crippen LogP contribution in [0.1, 0.15) is 23.5 Å². The van der Waals surface area contributed by atoms with E-state index in [0.717, 1.165) is 10.4 Å². The lowest BCUT2D eigenvalue weighted by atomic mass is 10.2. The molecule has 3 N–H and O–H groups in total. The summed E-state index contributed by atoms with van der Waals surface area (Å²) in [5.41, 5.74) is 6.18. The summed E-state index contributed by atoms with van der Waals surface area (Å²) in [6, 6.07) is 10.8. The van der Waals surface area contributed by atoms with Gasteiger partial charge in [-0.25, -0.2) is 0 Å². The van der Waals surface area contributed by atoms with Crippen LogP contribution in [-0.2, 0) is 4.79 Å². The topological polar surface area (TPSA) is 81.4 Å². The first-order chi connectivity index (χ1) is 10.5. The maximum atomic E-state index is 12.3. The average molecular weight is 318 g/mol. The summed E-state index contributed by atoms with van der Waals surface area (Å²) in [6.07, 6.45) is 0. The molecule has 0 aliphatic rings. The number of rotatable bonds is 6. The molecule has 0 bridgehead atoms. The van der Waals surface area contributed by atoms with Crippen LogP contribution in [0.4, 0.5) is 0 Å². The molecule has 5 nitrogen and oxygen atoms in total. The number of thiophene rings is 1. The van der Waals surface area contributed by atoms with E-state index in [-0.39, 0.29) is 5.91 Å².